The Labute approximate surface area is 133 Å². The van der Waals surface area contributed by atoms with Crippen LogP contribution < -0.4 is 5.32 Å². The highest BCUT2D eigenvalue weighted by Crippen LogP contribution is 2.35. The quantitative estimate of drug-likeness (QED) is 0.541. The van der Waals surface area contributed by atoms with Crippen LogP contribution in [0.3, 0.4) is 0 Å². The predicted molar refractivity (Wildman–Crippen MR) is 84.8 cm³/mol. The Hall–Kier alpha value is -0.780. The van der Waals surface area contributed by atoms with Crippen molar-refractivity contribution in [1.29, 1.82) is 0 Å². The summed E-state index contributed by atoms with van der Waals surface area (Å²) < 4.78 is 1.42. The van der Waals surface area contributed by atoms with Crippen molar-refractivity contribution < 1.29 is 9.90 Å². The highest BCUT2D eigenvalue weighted by molar-refractivity contribution is 7.78. The van der Waals surface area contributed by atoms with Gasteiger partial charge in [0.15, 0.2) is 5.75 Å². The van der Waals surface area contributed by atoms with Crippen LogP contribution in [0.5, 0.6) is 5.75 Å². The first-order valence-corrected chi connectivity index (χ1v) is 7.61. The van der Waals surface area contributed by atoms with Gasteiger partial charge in [-0.1, -0.05) is 55.3 Å². The maximum Gasteiger partial charge on any atom is 0.331 e. The number of thiol groups is 1. The van der Waals surface area contributed by atoms with Gasteiger partial charge in [0.05, 0.1) is 10.0 Å². The van der Waals surface area contributed by atoms with Gasteiger partial charge >= 0.3 is 6.03 Å². The molecular formula is C13H16Cl2N2O2S. The number of carbonyl (C=O) groups is 1. The Morgan fingerprint density at radius 3 is 2.35 bits per heavy atom. The Kier molecular flexibility index (Phi) is 5.29. The van der Waals surface area contributed by atoms with E-state index in [1.54, 1.807) is 0 Å². The van der Waals surface area contributed by atoms with Gasteiger partial charge in [0.2, 0.25) is 0 Å². The molecule has 2 rings (SSSR count). The summed E-state index contributed by atoms with van der Waals surface area (Å²) in [5, 5.41) is 12.3. The zero-order valence-corrected chi connectivity index (χ0v) is 13.2. The van der Waals surface area contributed by atoms with Crippen molar-refractivity contribution in [2.45, 2.75) is 38.1 Å². The number of carbonyl (C=O) groups excluding carboxylic acids is 1. The molecule has 2 N–H and O–H groups in total. The van der Waals surface area contributed by atoms with Crippen LogP contribution in [0.1, 0.15) is 32.1 Å². The lowest BCUT2D eigenvalue weighted by atomic mass is 9.96. The van der Waals surface area contributed by atoms with Crippen molar-refractivity contribution in [2.24, 2.45) is 0 Å². The van der Waals surface area contributed by atoms with E-state index in [1.165, 1.54) is 22.9 Å². The zero-order chi connectivity index (χ0) is 14.7. The van der Waals surface area contributed by atoms with Gasteiger partial charge < -0.3 is 10.4 Å². The molecule has 1 aromatic rings. The van der Waals surface area contributed by atoms with Crippen molar-refractivity contribution in [1.82, 2.24) is 4.31 Å². The molecule has 1 aliphatic rings. The number of phenolic OH excluding ortho intramolecular Hbond substituents is 1. The Balaban J connectivity index is 2.03. The standard InChI is InChI=1S/C13H16Cl2N2O2S/c14-10-6-8(7-11(15)12(10)18)16-13(19)17(20)9-4-2-1-3-5-9/h6-7,9,18,20H,1-5H2,(H,16,19). The van der Waals surface area contributed by atoms with Crippen molar-refractivity contribution >= 4 is 47.7 Å². The molecule has 0 saturated heterocycles. The second-order valence-electron chi connectivity index (χ2n) is 4.86. The number of hydrogen-bond donors (Lipinski definition) is 3. The summed E-state index contributed by atoms with van der Waals surface area (Å²) in [4.78, 5) is 12.1. The van der Waals surface area contributed by atoms with Gasteiger partial charge in [-0.15, -0.1) is 0 Å². The predicted octanol–water partition coefficient (Wildman–Crippen LogP) is 4.71. The van der Waals surface area contributed by atoms with Crippen LogP contribution >= 0.6 is 36.0 Å². The summed E-state index contributed by atoms with van der Waals surface area (Å²) in [5.41, 5.74) is 0.428. The third-order valence-corrected chi connectivity index (χ3v) is 4.48. The van der Waals surface area contributed by atoms with Gasteiger partial charge in [0.1, 0.15) is 0 Å². The summed E-state index contributed by atoms with van der Waals surface area (Å²) in [6.07, 6.45) is 5.38. The summed E-state index contributed by atoms with van der Waals surface area (Å²) >= 11 is 15.9. The van der Waals surface area contributed by atoms with Gasteiger partial charge in [-0.3, -0.25) is 4.31 Å². The smallest absolute Gasteiger partial charge is 0.331 e. The lowest BCUT2D eigenvalue weighted by Crippen LogP contribution is -2.37. The van der Waals surface area contributed by atoms with Crippen LogP contribution in [0.4, 0.5) is 10.5 Å². The molecule has 0 spiro atoms. The number of aromatic hydroxyl groups is 1. The SMILES string of the molecule is O=C(Nc1cc(Cl)c(O)c(Cl)c1)N(S)C1CCCCC1. The number of benzene rings is 1. The third-order valence-electron chi connectivity index (χ3n) is 3.40. The van der Waals surface area contributed by atoms with Gasteiger partial charge in [-0.25, -0.2) is 4.79 Å². The lowest BCUT2D eigenvalue weighted by molar-refractivity contribution is 0.219. The fraction of sp³-hybridized carbons (Fsp3) is 0.462. The molecule has 0 bridgehead atoms. The fourth-order valence-electron chi connectivity index (χ4n) is 2.31. The minimum absolute atomic E-state index is 0.0937. The molecule has 20 heavy (non-hydrogen) atoms. The first kappa shape index (κ1) is 15.6. The molecule has 4 nitrogen and oxygen atoms in total. The first-order valence-electron chi connectivity index (χ1n) is 6.46. The van der Waals surface area contributed by atoms with E-state index in [-0.39, 0.29) is 27.9 Å². The number of amides is 2. The summed E-state index contributed by atoms with van der Waals surface area (Å²) in [6.45, 7) is 0. The van der Waals surface area contributed by atoms with Crippen LogP contribution in [-0.4, -0.2) is 21.5 Å². The highest BCUT2D eigenvalue weighted by Gasteiger charge is 2.23. The number of halogens is 2. The van der Waals surface area contributed by atoms with Crippen LogP contribution in [0.25, 0.3) is 0 Å². The molecule has 110 valence electrons. The van der Waals surface area contributed by atoms with E-state index in [1.807, 2.05) is 0 Å². The molecule has 0 unspecified atom stereocenters. The minimum atomic E-state index is -0.321. The Morgan fingerprint density at radius 1 is 1.25 bits per heavy atom. The average Bonchev–Trinajstić information content (AvgIpc) is 2.44. The van der Waals surface area contributed by atoms with Crippen LogP contribution in [0, 0.1) is 0 Å². The van der Waals surface area contributed by atoms with Crippen molar-refractivity contribution in [2.75, 3.05) is 5.32 Å². The Bertz CT molecular complexity index is 484. The molecule has 1 saturated carbocycles. The maximum atomic E-state index is 12.1. The topological polar surface area (TPSA) is 52.6 Å². The zero-order valence-electron chi connectivity index (χ0n) is 10.8. The number of rotatable bonds is 2. The van der Waals surface area contributed by atoms with E-state index < -0.39 is 0 Å². The lowest BCUT2D eigenvalue weighted by Gasteiger charge is -2.29. The maximum absolute atomic E-state index is 12.1. The molecule has 0 aliphatic heterocycles. The summed E-state index contributed by atoms with van der Waals surface area (Å²) in [7, 11) is 0. The second-order valence-corrected chi connectivity index (χ2v) is 6.10. The molecule has 0 aromatic heterocycles. The third kappa shape index (κ3) is 3.65. The van der Waals surface area contributed by atoms with E-state index >= 15 is 0 Å². The van der Waals surface area contributed by atoms with Gasteiger partial charge in [-0.2, -0.15) is 0 Å². The van der Waals surface area contributed by atoms with Gasteiger partial charge in [-0.05, 0) is 25.0 Å². The molecule has 2 amide bonds. The number of nitrogens with one attached hydrogen (secondary N) is 1. The number of anilines is 1. The average molecular weight is 335 g/mol. The molecule has 1 aliphatic carbocycles. The summed E-state index contributed by atoms with van der Waals surface area (Å²) in [6, 6.07) is 2.72. The van der Waals surface area contributed by atoms with Gasteiger partial charge in [0.25, 0.3) is 0 Å². The van der Waals surface area contributed by atoms with Crippen molar-refractivity contribution in [3.8, 4) is 5.75 Å². The molecule has 7 heteroatoms. The van der Waals surface area contributed by atoms with E-state index in [9.17, 15) is 9.90 Å². The van der Waals surface area contributed by atoms with E-state index in [0.29, 0.717) is 5.69 Å². The molecular weight excluding hydrogens is 319 g/mol. The number of nitrogens with zero attached hydrogens (tertiary/aromatic N) is 1. The number of hydrogen-bond acceptors (Lipinski definition) is 3. The molecule has 0 heterocycles. The molecule has 0 atom stereocenters. The van der Waals surface area contributed by atoms with Crippen LogP contribution in [0.15, 0.2) is 12.1 Å². The van der Waals surface area contributed by atoms with Crippen molar-refractivity contribution in [3.63, 3.8) is 0 Å². The second kappa shape index (κ2) is 6.78. The van der Waals surface area contributed by atoms with E-state index in [0.717, 1.165) is 25.7 Å². The monoisotopic (exact) mass is 334 g/mol. The molecule has 1 aromatic carbocycles. The largest absolute Gasteiger partial charge is 0.505 e. The highest BCUT2D eigenvalue weighted by atomic mass is 35.5. The summed E-state index contributed by atoms with van der Waals surface area (Å²) in [5.74, 6) is -0.193. The first-order chi connectivity index (χ1) is 9.49. The Morgan fingerprint density at radius 2 is 1.80 bits per heavy atom. The number of urea groups is 1. The van der Waals surface area contributed by atoms with E-state index in [4.69, 9.17) is 23.2 Å². The number of phenols is 1. The van der Waals surface area contributed by atoms with Crippen molar-refractivity contribution in [3.05, 3.63) is 22.2 Å². The molecule has 0 radical (unpaired) electrons. The van der Waals surface area contributed by atoms with E-state index in [2.05, 4.69) is 18.1 Å². The minimum Gasteiger partial charge on any atom is -0.505 e. The van der Waals surface area contributed by atoms with Crippen LogP contribution in [-0.2, 0) is 0 Å². The molecule has 1 fully saturated rings. The fourth-order valence-corrected chi connectivity index (χ4v) is 3.08. The van der Waals surface area contributed by atoms with Gasteiger partial charge in [0, 0.05) is 11.7 Å². The normalized spacial score (nSPS) is 15.9. The van der Waals surface area contributed by atoms with Crippen LogP contribution in [0.2, 0.25) is 10.0 Å².